The van der Waals surface area contributed by atoms with E-state index in [1.807, 2.05) is 0 Å². The van der Waals surface area contributed by atoms with Crippen LogP contribution in [0.3, 0.4) is 0 Å². The summed E-state index contributed by atoms with van der Waals surface area (Å²) >= 11 is 0. The van der Waals surface area contributed by atoms with Gasteiger partial charge in [0.2, 0.25) is 0 Å². The zero-order valence-electron chi connectivity index (χ0n) is 10.4. The lowest BCUT2D eigenvalue weighted by atomic mass is 9.91. The molecule has 0 aromatic heterocycles. The predicted molar refractivity (Wildman–Crippen MR) is 66.9 cm³/mol. The summed E-state index contributed by atoms with van der Waals surface area (Å²) in [6, 6.07) is 0. The molecular formula is C13H29NO. The molecule has 3 N–H and O–H groups in total. The Bertz CT molecular complexity index is 105. The summed E-state index contributed by atoms with van der Waals surface area (Å²) in [5, 5.41) is 8.33. The monoisotopic (exact) mass is 215 g/mol. The lowest BCUT2D eigenvalue weighted by Gasteiger charge is -2.15. The minimum Gasteiger partial charge on any atom is -0.396 e. The highest BCUT2D eigenvalue weighted by atomic mass is 16.2. The Labute approximate surface area is 95.3 Å². The van der Waals surface area contributed by atoms with Gasteiger partial charge >= 0.3 is 0 Å². The van der Waals surface area contributed by atoms with E-state index < -0.39 is 0 Å². The van der Waals surface area contributed by atoms with E-state index in [9.17, 15) is 0 Å². The second-order valence-corrected chi connectivity index (χ2v) is 4.67. The van der Waals surface area contributed by atoms with Crippen molar-refractivity contribution in [2.45, 2.75) is 64.7 Å². The summed E-state index contributed by atoms with van der Waals surface area (Å²) < 4.78 is 0. The van der Waals surface area contributed by atoms with Crippen LogP contribution in [0.15, 0.2) is 0 Å². The topological polar surface area (TPSA) is 46.2 Å². The van der Waals surface area contributed by atoms with Crippen LogP contribution in [0.1, 0.15) is 64.7 Å². The van der Waals surface area contributed by atoms with Gasteiger partial charge in [-0.15, -0.1) is 0 Å². The van der Waals surface area contributed by atoms with Crippen LogP contribution in [-0.2, 0) is 0 Å². The van der Waals surface area contributed by atoms with E-state index in [1.54, 1.807) is 0 Å². The first-order valence-corrected chi connectivity index (χ1v) is 6.62. The Morgan fingerprint density at radius 2 is 1.60 bits per heavy atom. The molecule has 1 fully saturated rings. The molecule has 0 spiro atoms. The van der Waals surface area contributed by atoms with Gasteiger partial charge in [-0.2, -0.15) is 0 Å². The largest absolute Gasteiger partial charge is 0.396 e. The maximum atomic E-state index is 8.33. The molecule has 0 saturated heterocycles. The molecule has 2 nitrogen and oxygen atoms in total. The Kier molecular flexibility index (Phi) is 11.9. The molecule has 0 bridgehead atoms. The minimum atomic E-state index is 0.324. The van der Waals surface area contributed by atoms with Crippen LogP contribution >= 0.6 is 0 Å². The van der Waals surface area contributed by atoms with Crippen molar-refractivity contribution >= 4 is 0 Å². The van der Waals surface area contributed by atoms with Crippen molar-refractivity contribution in [1.29, 1.82) is 0 Å². The van der Waals surface area contributed by atoms with Crippen LogP contribution in [0.2, 0.25) is 0 Å². The number of hydrogen-bond donors (Lipinski definition) is 2. The molecule has 0 radical (unpaired) electrons. The predicted octanol–water partition coefficient (Wildman–Crippen LogP) is 3.08. The molecule has 1 saturated carbocycles. The van der Waals surface area contributed by atoms with Crippen LogP contribution in [0.5, 0.6) is 0 Å². The smallest absolute Gasteiger partial charge is 0.0431 e. The van der Waals surface area contributed by atoms with Gasteiger partial charge in [0.25, 0.3) is 0 Å². The third-order valence-corrected chi connectivity index (χ3v) is 3.01. The summed E-state index contributed by atoms with van der Waals surface area (Å²) in [5.74, 6) is 1.04. The van der Waals surface area contributed by atoms with Crippen molar-refractivity contribution in [3.63, 3.8) is 0 Å². The van der Waals surface area contributed by atoms with Gasteiger partial charge in [0.1, 0.15) is 0 Å². The molecule has 15 heavy (non-hydrogen) atoms. The number of hydrogen-bond acceptors (Lipinski definition) is 2. The number of aliphatic hydroxyl groups is 1. The third-order valence-electron chi connectivity index (χ3n) is 3.01. The van der Waals surface area contributed by atoms with E-state index in [-0.39, 0.29) is 0 Å². The molecule has 1 aliphatic carbocycles. The second-order valence-electron chi connectivity index (χ2n) is 4.67. The highest BCUT2D eigenvalue weighted by molar-refractivity contribution is 4.59. The fourth-order valence-electron chi connectivity index (χ4n) is 1.92. The summed E-state index contributed by atoms with van der Waals surface area (Å²) in [7, 11) is 0. The molecule has 0 aromatic carbocycles. The van der Waals surface area contributed by atoms with Crippen molar-refractivity contribution in [1.82, 2.24) is 0 Å². The molecule has 0 heterocycles. The third kappa shape index (κ3) is 11.8. The molecule has 0 atom stereocenters. The van der Waals surface area contributed by atoms with Gasteiger partial charge in [-0.3, -0.25) is 0 Å². The number of aliphatic hydroxyl groups excluding tert-OH is 1. The van der Waals surface area contributed by atoms with Crippen molar-refractivity contribution in [2.24, 2.45) is 11.7 Å². The lowest BCUT2D eigenvalue weighted by Crippen LogP contribution is -1.99. The lowest BCUT2D eigenvalue weighted by molar-refractivity contribution is 0.282. The van der Waals surface area contributed by atoms with Crippen LogP contribution in [0, 0.1) is 5.92 Å². The molecule has 0 aromatic rings. The van der Waals surface area contributed by atoms with Gasteiger partial charge in [-0.05, 0) is 25.3 Å². The van der Waals surface area contributed by atoms with Crippen molar-refractivity contribution < 1.29 is 5.11 Å². The summed E-state index contributed by atoms with van der Waals surface area (Å²) in [6.07, 6.45) is 11.7. The van der Waals surface area contributed by atoms with Gasteiger partial charge < -0.3 is 10.8 Å². The number of nitrogens with two attached hydrogens (primary N) is 1. The van der Waals surface area contributed by atoms with Gasteiger partial charge in [0, 0.05) is 6.61 Å². The maximum absolute atomic E-state index is 8.33. The Morgan fingerprint density at radius 3 is 2.00 bits per heavy atom. The van der Waals surface area contributed by atoms with E-state index in [0.717, 1.165) is 38.1 Å². The first-order chi connectivity index (χ1) is 7.31. The Morgan fingerprint density at radius 1 is 1.00 bits per heavy atom. The molecular weight excluding hydrogens is 186 g/mol. The van der Waals surface area contributed by atoms with Crippen LogP contribution in [0.4, 0.5) is 0 Å². The Balaban J connectivity index is 0.000000262. The van der Waals surface area contributed by atoms with Crippen molar-refractivity contribution in [2.75, 3.05) is 13.2 Å². The van der Waals surface area contributed by atoms with E-state index in [0.29, 0.717) is 6.61 Å². The van der Waals surface area contributed by atoms with E-state index in [1.165, 1.54) is 32.1 Å². The van der Waals surface area contributed by atoms with E-state index in [4.69, 9.17) is 10.8 Å². The van der Waals surface area contributed by atoms with Gasteiger partial charge in [-0.1, -0.05) is 51.9 Å². The fraction of sp³-hybridized carbons (Fsp3) is 1.00. The first-order valence-electron chi connectivity index (χ1n) is 6.62. The highest BCUT2D eigenvalue weighted by Gasteiger charge is 2.05. The fourth-order valence-corrected chi connectivity index (χ4v) is 1.92. The van der Waals surface area contributed by atoms with Crippen LogP contribution in [0.25, 0.3) is 0 Å². The zero-order valence-corrected chi connectivity index (χ0v) is 10.4. The number of rotatable bonds is 5. The summed E-state index contributed by atoms with van der Waals surface area (Å²) in [6.45, 7) is 3.47. The van der Waals surface area contributed by atoms with Crippen molar-refractivity contribution in [3.8, 4) is 0 Å². The minimum absolute atomic E-state index is 0.324. The average molecular weight is 215 g/mol. The summed E-state index contributed by atoms with van der Waals surface area (Å²) in [4.78, 5) is 0. The second kappa shape index (κ2) is 12.0. The van der Waals surface area contributed by atoms with E-state index >= 15 is 0 Å². The average Bonchev–Trinajstić information content (AvgIpc) is 2.27. The molecule has 1 rings (SSSR count). The first kappa shape index (κ1) is 14.9. The van der Waals surface area contributed by atoms with Gasteiger partial charge in [0.15, 0.2) is 0 Å². The highest BCUT2D eigenvalue weighted by Crippen LogP contribution is 2.22. The van der Waals surface area contributed by atoms with Crippen molar-refractivity contribution in [3.05, 3.63) is 0 Å². The quantitative estimate of drug-likeness (QED) is 0.692. The zero-order chi connectivity index (χ0) is 11.4. The molecule has 0 aliphatic heterocycles. The number of unbranched alkanes of at least 4 members (excludes halogenated alkanes) is 3. The molecule has 92 valence electrons. The van der Waals surface area contributed by atoms with E-state index in [2.05, 4.69) is 6.92 Å². The molecule has 0 amide bonds. The Hall–Kier alpha value is -0.0800. The molecule has 1 aliphatic rings. The van der Waals surface area contributed by atoms with Gasteiger partial charge in [0.05, 0.1) is 0 Å². The molecule has 2 heteroatoms. The SMILES string of the molecule is CC1CCCCC1.NCCCCCCO. The maximum Gasteiger partial charge on any atom is 0.0431 e. The normalized spacial score (nSPS) is 17.0. The van der Waals surface area contributed by atoms with Gasteiger partial charge in [-0.25, -0.2) is 0 Å². The van der Waals surface area contributed by atoms with Crippen LogP contribution < -0.4 is 5.73 Å². The molecule has 0 unspecified atom stereocenters. The standard InChI is InChI=1S/C7H14.C6H15NO/c1-7-5-3-2-4-6-7;7-5-3-1-2-4-6-8/h7H,2-6H2,1H3;8H,1-7H2. The summed E-state index contributed by atoms with van der Waals surface area (Å²) in [5.41, 5.74) is 5.25. The van der Waals surface area contributed by atoms with Crippen LogP contribution in [-0.4, -0.2) is 18.3 Å².